The molecule has 5 aliphatic rings. The minimum absolute atomic E-state index is 0.0705. The number of allylic oxidation sites excluding steroid dienone is 1. The number of ether oxygens (including phenoxy) is 3. The van der Waals surface area contributed by atoms with Crippen LogP contribution in [0.1, 0.15) is 48.0 Å². The van der Waals surface area contributed by atoms with Crippen molar-refractivity contribution in [1.82, 2.24) is 4.98 Å². The fourth-order valence-electron chi connectivity index (χ4n) is 7.84. The zero-order chi connectivity index (χ0) is 24.3. The number of Topliss-reactive ketones (excluding diaryl/α,β-unsaturated/α-hetero) is 1. The number of ketones is 1. The van der Waals surface area contributed by atoms with Crippen LogP contribution in [0.4, 0.5) is 0 Å². The number of aliphatic hydroxyl groups is 1. The minimum Gasteiger partial charge on any atom is -0.467 e. The molecule has 1 aromatic rings. The van der Waals surface area contributed by atoms with Gasteiger partial charge in [-0.3, -0.25) is 4.79 Å². The van der Waals surface area contributed by atoms with E-state index in [9.17, 15) is 9.90 Å². The molecule has 4 aliphatic carbocycles. The van der Waals surface area contributed by atoms with Gasteiger partial charge < -0.3 is 19.3 Å². The molecule has 182 valence electrons. The molecule has 6 rings (SSSR count). The van der Waals surface area contributed by atoms with Crippen molar-refractivity contribution >= 4 is 5.78 Å². The predicted octanol–water partition coefficient (Wildman–Crippen LogP) is 4.10. The van der Waals surface area contributed by atoms with Crippen LogP contribution < -0.4 is 4.74 Å². The molecule has 6 nitrogen and oxygen atoms in total. The Labute approximate surface area is 201 Å². The summed E-state index contributed by atoms with van der Waals surface area (Å²) in [5.41, 5.74) is -0.942. The molecule has 0 radical (unpaired) electrons. The first-order chi connectivity index (χ1) is 15.9. The molecule has 1 saturated heterocycles. The molecule has 34 heavy (non-hydrogen) atoms. The molecule has 0 amide bonds. The van der Waals surface area contributed by atoms with Crippen LogP contribution in [0.2, 0.25) is 0 Å². The molecule has 3 fully saturated rings. The van der Waals surface area contributed by atoms with E-state index < -0.39 is 29.0 Å². The summed E-state index contributed by atoms with van der Waals surface area (Å²) in [6, 6.07) is 5.46. The highest BCUT2D eigenvalue weighted by Crippen LogP contribution is 2.72. The average Bonchev–Trinajstić information content (AvgIpc) is 3.27. The van der Waals surface area contributed by atoms with Crippen molar-refractivity contribution in [2.45, 2.75) is 71.6 Å². The van der Waals surface area contributed by atoms with Gasteiger partial charge in [-0.2, -0.15) is 0 Å². The Morgan fingerprint density at radius 1 is 1.21 bits per heavy atom. The van der Waals surface area contributed by atoms with Crippen molar-refractivity contribution in [2.75, 3.05) is 6.61 Å². The van der Waals surface area contributed by atoms with Gasteiger partial charge in [0.2, 0.25) is 5.88 Å². The van der Waals surface area contributed by atoms with Crippen LogP contribution in [0, 0.1) is 34.5 Å². The Kier molecular flexibility index (Phi) is 4.49. The van der Waals surface area contributed by atoms with E-state index in [0.29, 0.717) is 18.4 Å². The SMILES string of the molecule is CC1=C[C@]23C(=O)[C@@H](C=C4COC(C)(C)O[C@H]4[C@]2(O)[C@H]1Oc1ccccn1)C1[C@@H](C[C@H]3C)C1(C)C. The summed E-state index contributed by atoms with van der Waals surface area (Å²) in [5.74, 6) is -0.0259. The van der Waals surface area contributed by atoms with Crippen LogP contribution in [-0.4, -0.2) is 46.1 Å². The Bertz CT molecular complexity index is 1110. The summed E-state index contributed by atoms with van der Waals surface area (Å²) in [4.78, 5) is 19.0. The average molecular weight is 466 g/mol. The van der Waals surface area contributed by atoms with Gasteiger partial charge in [-0.05, 0) is 67.6 Å². The first-order valence-electron chi connectivity index (χ1n) is 12.5. The van der Waals surface area contributed by atoms with E-state index >= 15 is 0 Å². The normalized spacial score (nSPS) is 45.6. The molecule has 1 unspecified atom stereocenters. The van der Waals surface area contributed by atoms with Gasteiger partial charge in [0.25, 0.3) is 0 Å². The molecule has 2 saturated carbocycles. The maximum absolute atomic E-state index is 14.6. The monoisotopic (exact) mass is 465 g/mol. The van der Waals surface area contributed by atoms with E-state index in [-0.39, 0.29) is 29.0 Å². The summed E-state index contributed by atoms with van der Waals surface area (Å²) in [6.45, 7) is 12.7. The number of pyridine rings is 1. The number of nitrogens with zero attached hydrogens (tertiary/aromatic N) is 1. The lowest BCUT2D eigenvalue weighted by Crippen LogP contribution is -2.68. The predicted molar refractivity (Wildman–Crippen MR) is 126 cm³/mol. The lowest BCUT2D eigenvalue weighted by molar-refractivity contribution is -0.301. The van der Waals surface area contributed by atoms with Crippen molar-refractivity contribution in [3.63, 3.8) is 0 Å². The highest BCUT2D eigenvalue weighted by atomic mass is 16.7. The molecule has 1 aliphatic heterocycles. The third-order valence-electron chi connectivity index (χ3n) is 9.55. The van der Waals surface area contributed by atoms with Crippen LogP contribution in [0.15, 0.2) is 47.7 Å². The van der Waals surface area contributed by atoms with E-state index in [1.807, 2.05) is 39.0 Å². The third kappa shape index (κ3) is 2.68. The molecule has 1 spiro atoms. The number of fused-ring (bicyclic) bond motifs is 5. The van der Waals surface area contributed by atoms with Crippen molar-refractivity contribution in [2.24, 2.45) is 34.5 Å². The van der Waals surface area contributed by atoms with Crippen LogP contribution >= 0.6 is 0 Å². The standard InChI is InChI=1S/C28H35NO5/c1-15-13-27-16(2)11-19-21(25(19,3)4)18(22(27)30)12-17-14-32-26(5,6)34-24(17)28(27,31)23(15)33-20-9-7-8-10-29-20/h7-10,12-13,16,18-19,21,23-24,31H,11,14H2,1-6H3/t16-,18+,19-,21?,23+,24-,27+,28-/m1/s1. The summed E-state index contributed by atoms with van der Waals surface area (Å²) in [5, 5.41) is 13.0. The molecule has 1 N–H and O–H groups in total. The van der Waals surface area contributed by atoms with Crippen LogP contribution in [0.5, 0.6) is 5.88 Å². The maximum atomic E-state index is 14.6. The van der Waals surface area contributed by atoms with Gasteiger partial charge in [-0.15, -0.1) is 0 Å². The zero-order valence-corrected chi connectivity index (χ0v) is 20.9. The lowest BCUT2D eigenvalue weighted by Gasteiger charge is -2.52. The number of aromatic nitrogens is 1. The number of carbonyl (C=O) groups excluding carboxylic acids is 1. The largest absolute Gasteiger partial charge is 0.467 e. The van der Waals surface area contributed by atoms with Gasteiger partial charge in [0, 0.05) is 18.2 Å². The second-order valence-corrected chi connectivity index (χ2v) is 12.2. The summed E-state index contributed by atoms with van der Waals surface area (Å²) < 4.78 is 18.9. The van der Waals surface area contributed by atoms with E-state index in [2.05, 4.69) is 31.8 Å². The van der Waals surface area contributed by atoms with Crippen molar-refractivity contribution in [1.29, 1.82) is 0 Å². The van der Waals surface area contributed by atoms with Gasteiger partial charge in [-0.25, -0.2) is 4.98 Å². The summed E-state index contributed by atoms with van der Waals surface area (Å²) in [6.07, 6.45) is 5.15. The first kappa shape index (κ1) is 22.4. The Balaban J connectivity index is 1.57. The van der Waals surface area contributed by atoms with E-state index in [1.54, 1.807) is 12.3 Å². The fraction of sp³-hybridized carbons (Fsp3) is 0.643. The molecule has 2 heterocycles. The third-order valence-corrected chi connectivity index (χ3v) is 9.55. The fourth-order valence-corrected chi connectivity index (χ4v) is 7.84. The Morgan fingerprint density at radius 2 is 1.97 bits per heavy atom. The minimum atomic E-state index is -1.62. The quantitative estimate of drug-likeness (QED) is 0.663. The van der Waals surface area contributed by atoms with Crippen molar-refractivity contribution in [3.05, 3.63) is 47.7 Å². The smallest absolute Gasteiger partial charge is 0.213 e. The van der Waals surface area contributed by atoms with Crippen LogP contribution in [0.3, 0.4) is 0 Å². The Hall–Kier alpha value is -2.02. The van der Waals surface area contributed by atoms with Crippen LogP contribution in [0.25, 0.3) is 0 Å². The second kappa shape index (κ2) is 6.80. The van der Waals surface area contributed by atoms with Gasteiger partial charge in [-0.1, -0.05) is 39.0 Å². The van der Waals surface area contributed by atoms with E-state index in [4.69, 9.17) is 14.2 Å². The number of carbonyl (C=O) groups is 1. The second-order valence-electron chi connectivity index (χ2n) is 12.2. The van der Waals surface area contributed by atoms with Gasteiger partial charge in [0.1, 0.15) is 6.10 Å². The number of hydrogen-bond acceptors (Lipinski definition) is 6. The van der Waals surface area contributed by atoms with Gasteiger partial charge in [0.15, 0.2) is 23.3 Å². The number of hydrogen-bond donors (Lipinski definition) is 1. The highest BCUT2D eigenvalue weighted by molar-refractivity contribution is 5.95. The maximum Gasteiger partial charge on any atom is 0.213 e. The highest BCUT2D eigenvalue weighted by Gasteiger charge is 2.77. The van der Waals surface area contributed by atoms with E-state index in [1.165, 1.54) is 0 Å². The van der Waals surface area contributed by atoms with Crippen molar-refractivity contribution in [3.8, 4) is 5.88 Å². The molecular weight excluding hydrogens is 430 g/mol. The summed E-state index contributed by atoms with van der Waals surface area (Å²) >= 11 is 0. The van der Waals surface area contributed by atoms with Gasteiger partial charge >= 0.3 is 0 Å². The molecular formula is C28H35NO5. The summed E-state index contributed by atoms with van der Waals surface area (Å²) in [7, 11) is 0. The first-order valence-corrected chi connectivity index (χ1v) is 12.5. The van der Waals surface area contributed by atoms with Crippen molar-refractivity contribution < 1.29 is 24.1 Å². The molecule has 1 aromatic heterocycles. The molecule has 0 aromatic carbocycles. The zero-order valence-electron chi connectivity index (χ0n) is 20.9. The van der Waals surface area contributed by atoms with Crippen LogP contribution in [-0.2, 0) is 14.3 Å². The Morgan fingerprint density at radius 3 is 2.68 bits per heavy atom. The lowest BCUT2D eigenvalue weighted by atomic mass is 9.59. The topological polar surface area (TPSA) is 77.9 Å². The molecule has 2 bridgehead atoms. The molecule has 6 heteroatoms. The number of rotatable bonds is 2. The van der Waals surface area contributed by atoms with Gasteiger partial charge in [0.05, 0.1) is 12.0 Å². The van der Waals surface area contributed by atoms with E-state index in [0.717, 1.165) is 17.6 Å². The molecule has 8 atom stereocenters.